The van der Waals surface area contributed by atoms with Gasteiger partial charge in [-0.3, -0.25) is 4.90 Å². The molecule has 1 unspecified atom stereocenters. The zero-order chi connectivity index (χ0) is 10.8. The minimum atomic E-state index is 0.308. The lowest BCUT2D eigenvalue weighted by Gasteiger charge is -2.34. The zero-order valence-corrected chi connectivity index (χ0v) is 10.5. The summed E-state index contributed by atoms with van der Waals surface area (Å²) in [5.41, 5.74) is 0.308. The number of nitrogens with zero attached hydrogens (tertiary/aromatic N) is 2. The molecule has 0 bridgehead atoms. The molecule has 1 heterocycles. The molecule has 0 amide bonds. The highest BCUT2D eigenvalue weighted by atomic mass is 15.2. The minimum absolute atomic E-state index is 0.308. The van der Waals surface area contributed by atoms with Gasteiger partial charge in [0.25, 0.3) is 0 Å². The summed E-state index contributed by atoms with van der Waals surface area (Å²) in [6.45, 7) is 12.9. The summed E-state index contributed by atoms with van der Waals surface area (Å²) in [6.07, 6.45) is 2.78. The van der Waals surface area contributed by atoms with Gasteiger partial charge >= 0.3 is 0 Å². The van der Waals surface area contributed by atoms with E-state index in [1.54, 1.807) is 0 Å². The van der Waals surface area contributed by atoms with Gasteiger partial charge in [-0.25, -0.2) is 0 Å². The van der Waals surface area contributed by atoms with E-state index in [2.05, 4.69) is 44.5 Å². The lowest BCUT2D eigenvalue weighted by atomic mass is 10.1. The van der Waals surface area contributed by atoms with Crippen LogP contribution in [0.3, 0.4) is 0 Å². The number of hydrogen-bond donors (Lipinski definition) is 0. The molecule has 14 heavy (non-hydrogen) atoms. The van der Waals surface area contributed by atoms with Crippen molar-refractivity contribution in [3.63, 3.8) is 0 Å². The van der Waals surface area contributed by atoms with Crippen LogP contribution >= 0.6 is 0 Å². The summed E-state index contributed by atoms with van der Waals surface area (Å²) >= 11 is 0. The quantitative estimate of drug-likeness (QED) is 0.686. The molecule has 1 atom stereocenters. The van der Waals surface area contributed by atoms with Crippen molar-refractivity contribution in [3.8, 4) is 0 Å². The second-order valence-electron chi connectivity index (χ2n) is 5.62. The molecule has 1 saturated heterocycles. The highest BCUT2D eigenvalue weighted by molar-refractivity contribution is 4.78. The van der Waals surface area contributed by atoms with Gasteiger partial charge in [-0.15, -0.1) is 0 Å². The Bertz CT molecular complexity index is 170. The first-order valence-corrected chi connectivity index (χ1v) is 5.86. The van der Waals surface area contributed by atoms with Gasteiger partial charge in [0.05, 0.1) is 0 Å². The summed E-state index contributed by atoms with van der Waals surface area (Å²) in [5.74, 6) is 0. The van der Waals surface area contributed by atoms with Crippen LogP contribution in [0.1, 0.15) is 40.5 Å². The Morgan fingerprint density at radius 3 is 2.43 bits per heavy atom. The molecule has 0 aromatic heterocycles. The summed E-state index contributed by atoms with van der Waals surface area (Å²) in [4.78, 5) is 5.06. The van der Waals surface area contributed by atoms with Gasteiger partial charge < -0.3 is 4.90 Å². The summed E-state index contributed by atoms with van der Waals surface area (Å²) < 4.78 is 0. The fraction of sp³-hybridized carbons (Fsp3) is 1.00. The third-order valence-corrected chi connectivity index (χ3v) is 3.56. The topological polar surface area (TPSA) is 6.48 Å². The Labute approximate surface area is 89.3 Å². The highest BCUT2D eigenvalue weighted by Crippen LogP contribution is 2.17. The average molecular weight is 198 g/mol. The fourth-order valence-electron chi connectivity index (χ4n) is 1.94. The van der Waals surface area contributed by atoms with Crippen LogP contribution in [0.15, 0.2) is 0 Å². The van der Waals surface area contributed by atoms with Crippen molar-refractivity contribution in [1.29, 1.82) is 0 Å². The molecule has 0 aliphatic carbocycles. The average Bonchev–Trinajstić information content (AvgIpc) is 2.45. The largest absolute Gasteiger partial charge is 0.300 e. The second-order valence-corrected chi connectivity index (χ2v) is 5.62. The number of hydrogen-bond acceptors (Lipinski definition) is 2. The molecule has 0 aromatic rings. The van der Waals surface area contributed by atoms with Crippen molar-refractivity contribution in [2.45, 2.75) is 52.1 Å². The van der Waals surface area contributed by atoms with Crippen molar-refractivity contribution < 1.29 is 0 Å². The molecule has 2 heteroatoms. The molecule has 84 valence electrons. The Kier molecular flexibility index (Phi) is 3.96. The Morgan fingerprint density at radius 1 is 1.36 bits per heavy atom. The van der Waals surface area contributed by atoms with Crippen molar-refractivity contribution in [1.82, 2.24) is 9.80 Å². The second kappa shape index (κ2) is 4.63. The highest BCUT2D eigenvalue weighted by Gasteiger charge is 2.22. The first-order chi connectivity index (χ1) is 6.41. The van der Waals surface area contributed by atoms with Crippen LogP contribution in [0.4, 0.5) is 0 Å². The molecule has 0 N–H and O–H groups in total. The molecule has 0 spiro atoms. The first-order valence-electron chi connectivity index (χ1n) is 5.86. The molecular formula is C12H26N2. The van der Waals surface area contributed by atoms with Gasteiger partial charge in [0.2, 0.25) is 0 Å². The maximum atomic E-state index is 2.61. The molecule has 0 saturated carbocycles. The Hall–Kier alpha value is -0.0800. The van der Waals surface area contributed by atoms with Crippen LogP contribution in [-0.2, 0) is 0 Å². The normalized spacial score (nSPS) is 24.9. The third-order valence-electron chi connectivity index (χ3n) is 3.56. The van der Waals surface area contributed by atoms with E-state index >= 15 is 0 Å². The van der Waals surface area contributed by atoms with Gasteiger partial charge in [-0.05, 0) is 54.1 Å². The van der Waals surface area contributed by atoms with Gasteiger partial charge in [0.15, 0.2) is 0 Å². The van der Waals surface area contributed by atoms with Gasteiger partial charge in [-0.1, -0.05) is 0 Å². The van der Waals surface area contributed by atoms with Crippen molar-refractivity contribution in [3.05, 3.63) is 0 Å². The number of likely N-dealkylation sites (N-methyl/N-ethyl adjacent to an activating group) is 1. The molecular weight excluding hydrogens is 172 g/mol. The minimum Gasteiger partial charge on any atom is -0.300 e. The molecule has 1 fully saturated rings. The molecule has 0 radical (unpaired) electrons. The van der Waals surface area contributed by atoms with E-state index in [-0.39, 0.29) is 0 Å². The smallest absolute Gasteiger partial charge is 0.0122 e. The van der Waals surface area contributed by atoms with Crippen molar-refractivity contribution in [2.75, 3.05) is 26.7 Å². The predicted octanol–water partition coefficient (Wildman–Crippen LogP) is 2.20. The van der Waals surface area contributed by atoms with Crippen molar-refractivity contribution in [2.24, 2.45) is 0 Å². The summed E-state index contributed by atoms with van der Waals surface area (Å²) in [6, 6.07) is 0.809. The molecule has 2 nitrogen and oxygen atoms in total. The van der Waals surface area contributed by atoms with E-state index < -0.39 is 0 Å². The number of likely N-dealkylation sites (tertiary alicyclic amines) is 1. The van der Waals surface area contributed by atoms with Crippen LogP contribution in [-0.4, -0.2) is 48.1 Å². The maximum absolute atomic E-state index is 2.61. The van der Waals surface area contributed by atoms with Crippen LogP contribution < -0.4 is 0 Å². The van der Waals surface area contributed by atoms with Crippen LogP contribution in [0.5, 0.6) is 0 Å². The van der Waals surface area contributed by atoms with Crippen LogP contribution in [0.2, 0.25) is 0 Å². The van der Waals surface area contributed by atoms with E-state index in [1.807, 2.05) is 0 Å². The molecule has 1 rings (SSSR count). The van der Waals surface area contributed by atoms with Crippen LogP contribution in [0, 0.1) is 0 Å². The molecule has 1 aliphatic rings. The number of rotatable bonds is 3. The zero-order valence-electron chi connectivity index (χ0n) is 10.5. The van der Waals surface area contributed by atoms with E-state index in [0.717, 1.165) is 6.04 Å². The lowest BCUT2D eigenvalue weighted by molar-refractivity contribution is 0.143. The maximum Gasteiger partial charge on any atom is 0.0122 e. The van der Waals surface area contributed by atoms with E-state index in [9.17, 15) is 0 Å². The Morgan fingerprint density at radius 2 is 2.00 bits per heavy atom. The summed E-state index contributed by atoms with van der Waals surface area (Å²) in [7, 11) is 2.22. The van der Waals surface area contributed by atoms with Gasteiger partial charge in [-0.2, -0.15) is 0 Å². The van der Waals surface area contributed by atoms with E-state index in [0.29, 0.717) is 5.54 Å². The third kappa shape index (κ3) is 3.25. The SMILES string of the molecule is CC1CCCN1CCN(C)C(C)(C)C. The monoisotopic (exact) mass is 198 g/mol. The Balaban J connectivity index is 2.26. The molecule has 1 aliphatic heterocycles. The van der Waals surface area contributed by atoms with Gasteiger partial charge in [0, 0.05) is 24.7 Å². The lowest BCUT2D eigenvalue weighted by Crippen LogP contribution is -2.43. The summed E-state index contributed by atoms with van der Waals surface area (Å²) in [5, 5.41) is 0. The van der Waals surface area contributed by atoms with Gasteiger partial charge in [0.1, 0.15) is 0 Å². The predicted molar refractivity (Wildman–Crippen MR) is 62.7 cm³/mol. The van der Waals surface area contributed by atoms with Crippen LogP contribution in [0.25, 0.3) is 0 Å². The fourth-order valence-corrected chi connectivity index (χ4v) is 1.94. The van der Waals surface area contributed by atoms with E-state index in [4.69, 9.17) is 0 Å². The van der Waals surface area contributed by atoms with E-state index in [1.165, 1.54) is 32.5 Å². The standard InChI is InChI=1S/C12H26N2/c1-11-7-6-8-14(11)10-9-13(5)12(2,3)4/h11H,6-10H2,1-5H3. The van der Waals surface area contributed by atoms with Crippen molar-refractivity contribution >= 4 is 0 Å². The molecule has 0 aromatic carbocycles. The first kappa shape index (κ1) is 12.0.